The van der Waals surface area contributed by atoms with Gasteiger partial charge in [-0.15, -0.1) is 0 Å². The van der Waals surface area contributed by atoms with Crippen LogP contribution in [0.1, 0.15) is 83.1 Å². The molecule has 0 saturated carbocycles. The smallest absolute Gasteiger partial charge is 0.164 e. The summed E-state index contributed by atoms with van der Waals surface area (Å²) in [7, 11) is 0. The van der Waals surface area contributed by atoms with Crippen LogP contribution in [0.5, 0.6) is 0 Å². The Kier molecular flexibility index (Phi) is 19.0. The largest absolute Gasteiger partial charge is 0.512 e. The van der Waals surface area contributed by atoms with Gasteiger partial charge in [-0.05, 0) is 12.1 Å². The SMILES string of the molecule is CC(C)(C)C(=O)/C=C(\O)C(C)(C)C.CC(C)(C)C(=O)/C=C(\O)C(C)(C)C.[Pt].[Pt].[c-]1cc(-c2ccccn2)[c-]cc1-c1ccccn1. The minimum atomic E-state index is -0.417. The normalized spacial score (nSPS) is 12.2. The minimum Gasteiger partial charge on any atom is -0.512 e. The van der Waals surface area contributed by atoms with Gasteiger partial charge in [-0.3, -0.25) is 9.59 Å². The molecule has 258 valence electrons. The molecule has 0 amide bonds. The number of pyridine rings is 2. The van der Waals surface area contributed by atoms with E-state index in [1.54, 1.807) is 12.4 Å². The van der Waals surface area contributed by atoms with Crippen LogP contribution in [0.4, 0.5) is 0 Å². The summed E-state index contributed by atoms with van der Waals surface area (Å²) in [6.45, 7) is 22.2. The summed E-state index contributed by atoms with van der Waals surface area (Å²) in [6, 6.07) is 21.9. The monoisotopic (exact) mass is 988 g/mol. The third kappa shape index (κ3) is 16.8. The number of hydrogen-bond acceptors (Lipinski definition) is 6. The summed E-state index contributed by atoms with van der Waals surface area (Å²) in [4.78, 5) is 31.5. The van der Waals surface area contributed by atoms with Crippen LogP contribution in [0.15, 0.2) is 84.6 Å². The predicted octanol–water partition coefficient (Wildman–Crippen LogP) is 9.59. The van der Waals surface area contributed by atoms with Crippen LogP contribution >= 0.6 is 0 Å². The molecular formula is C38H50N2O4Pt2-2. The van der Waals surface area contributed by atoms with Gasteiger partial charge >= 0.3 is 0 Å². The molecular weight excluding hydrogens is 939 g/mol. The van der Waals surface area contributed by atoms with Crippen molar-refractivity contribution in [2.75, 3.05) is 0 Å². The van der Waals surface area contributed by atoms with Crippen LogP contribution in [0, 0.1) is 33.8 Å². The van der Waals surface area contributed by atoms with Gasteiger partial charge in [-0.2, -0.15) is 0 Å². The van der Waals surface area contributed by atoms with Crippen LogP contribution in [0.3, 0.4) is 0 Å². The van der Waals surface area contributed by atoms with Crippen molar-refractivity contribution in [2.45, 2.75) is 83.1 Å². The second-order valence-corrected chi connectivity index (χ2v) is 14.6. The third-order valence-electron chi connectivity index (χ3n) is 6.18. The van der Waals surface area contributed by atoms with Crippen molar-refractivity contribution in [1.82, 2.24) is 9.97 Å². The molecule has 2 aromatic heterocycles. The molecule has 0 aliphatic heterocycles. The maximum atomic E-state index is 11.5. The Hall–Kier alpha value is -2.68. The molecule has 0 spiro atoms. The Labute approximate surface area is 305 Å². The average molecular weight is 989 g/mol. The first-order valence-electron chi connectivity index (χ1n) is 14.7. The second kappa shape index (κ2) is 19.2. The van der Waals surface area contributed by atoms with Gasteiger partial charge < -0.3 is 20.2 Å². The van der Waals surface area contributed by atoms with E-state index in [9.17, 15) is 19.8 Å². The van der Waals surface area contributed by atoms with Gasteiger partial charge in [0.05, 0.1) is 0 Å². The first-order valence-corrected chi connectivity index (χ1v) is 14.7. The van der Waals surface area contributed by atoms with Gasteiger partial charge in [-0.1, -0.05) is 119 Å². The predicted molar refractivity (Wildman–Crippen MR) is 180 cm³/mol. The molecule has 46 heavy (non-hydrogen) atoms. The fourth-order valence-corrected chi connectivity index (χ4v) is 2.84. The molecule has 1 aromatic carbocycles. The number of hydrogen-bond donors (Lipinski definition) is 2. The van der Waals surface area contributed by atoms with E-state index in [2.05, 4.69) is 22.1 Å². The molecule has 0 fully saturated rings. The molecule has 0 unspecified atom stereocenters. The van der Waals surface area contributed by atoms with Crippen molar-refractivity contribution in [3.63, 3.8) is 0 Å². The molecule has 0 saturated heterocycles. The number of ketones is 2. The number of rotatable bonds is 4. The molecule has 8 heteroatoms. The van der Waals surface area contributed by atoms with Crippen molar-refractivity contribution in [2.24, 2.45) is 21.7 Å². The Morgan fingerprint density at radius 2 is 0.870 bits per heavy atom. The topological polar surface area (TPSA) is 100 Å². The molecule has 2 heterocycles. The summed E-state index contributed by atoms with van der Waals surface area (Å²) >= 11 is 0. The van der Waals surface area contributed by atoms with Gasteiger partial charge in [0.25, 0.3) is 0 Å². The molecule has 0 radical (unpaired) electrons. The number of nitrogens with zero attached hydrogens (tertiary/aromatic N) is 2. The first-order chi connectivity index (χ1) is 20.0. The number of aliphatic hydroxyl groups excluding tert-OH is 2. The van der Waals surface area contributed by atoms with Gasteiger partial charge in [-0.25, -0.2) is 35.4 Å². The minimum absolute atomic E-state index is 0. The molecule has 2 N–H and O–H groups in total. The maximum absolute atomic E-state index is 11.5. The van der Waals surface area contributed by atoms with E-state index in [0.29, 0.717) is 0 Å². The van der Waals surface area contributed by atoms with Crippen LogP contribution in [-0.4, -0.2) is 31.7 Å². The van der Waals surface area contributed by atoms with Gasteiger partial charge in [0.2, 0.25) is 0 Å². The first kappa shape index (κ1) is 45.4. The Morgan fingerprint density at radius 3 is 1.07 bits per heavy atom. The van der Waals surface area contributed by atoms with E-state index in [4.69, 9.17) is 0 Å². The van der Waals surface area contributed by atoms with Gasteiger partial charge in [0, 0.05) is 88.3 Å². The summed E-state index contributed by atoms with van der Waals surface area (Å²) in [5, 5.41) is 19.1. The fraction of sp³-hybridized carbons (Fsp3) is 0.421. The molecule has 6 nitrogen and oxygen atoms in total. The molecule has 0 atom stereocenters. The maximum Gasteiger partial charge on any atom is 0.164 e. The zero-order valence-corrected chi connectivity index (χ0v) is 33.7. The Morgan fingerprint density at radius 1 is 0.565 bits per heavy atom. The van der Waals surface area contributed by atoms with Crippen molar-refractivity contribution in [3.05, 3.63) is 96.7 Å². The number of allylic oxidation sites excluding steroid dienone is 4. The number of carbonyl (C=O) groups excluding carboxylic acids is 2. The van der Waals surface area contributed by atoms with Crippen molar-refractivity contribution >= 4 is 11.6 Å². The standard InChI is InChI=1S/C16H10N2.2C11H20O2.2Pt/c1-3-11-17-15(5-1)13-7-9-14(10-8-13)16-6-2-4-12-18-16;2*1-10(2,3)8(12)7-9(13)11(4,5)6;;/h1-7,10-12H;2*7,12H,1-6H3;;/q-2;;;;/b;2*8-7-;;. The Balaban J connectivity index is 0. The van der Waals surface area contributed by atoms with E-state index in [1.165, 1.54) is 12.2 Å². The second-order valence-electron chi connectivity index (χ2n) is 14.6. The average Bonchev–Trinajstić information content (AvgIpc) is 2.93. The van der Waals surface area contributed by atoms with E-state index in [-0.39, 0.29) is 76.0 Å². The number of aliphatic hydroxyl groups is 2. The Bertz CT molecular complexity index is 1300. The number of aromatic nitrogens is 2. The van der Waals surface area contributed by atoms with E-state index in [0.717, 1.165) is 22.5 Å². The molecule has 0 aliphatic rings. The molecule has 0 bridgehead atoms. The summed E-state index contributed by atoms with van der Waals surface area (Å²) in [5.74, 6) is 0.208. The van der Waals surface area contributed by atoms with E-state index < -0.39 is 10.8 Å². The van der Waals surface area contributed by atoms with Gasteiger partial charge in [0.1, 0.15) is 11.5 Å². The number of benzene rings is 1. The van der Waals surface area contributed by atoms with Crippen LogP contribution in [0.2, 0.25) is 0 Å². The summed E-state index contributed by atoms with van der Waals surface area (Å²) < 4.78 is 0. The van der Waals surface area contributed by atoms with Crippen molar-refractivity contribution < 1.29 is 61.9 Å². The van der Waals surface area contributed by atoms with Crippen LogP contribution in [-0.2, 0) is 51.7 Å². The van der Waals surface area contributed by atoms with Crippen molar-refractivity contribution in [1.29, 1.82) is 0 Å². The molecule has 0 aliphatic carbocycles. The van der Waals surface area contributed by atoms with Crippen LogP contribution in [0.25, 0.3) is 22.5 Å². The van der Waals surface area contributed by atoms with Gasteiger partial charge in [0.15, 0.2) is 11.6 Å². The quantitative estimate of drug-likeness (QED) is 0.154. The summed E-state index contributed by atoms with van der Waals surface area (Å²) in [5.41, 5.74) is 2.16. The zero-order valence-electron chi connectivity index (χ0n) is 29.2. The number of carbonyl (C=O) groups is 2. The summed E-state index contributed by atoms with van der Waals surface area (Å²) in [6.07, 6.45) is 6.21. The van der Waals surface area contributed by atoms with E-state index >= 15 is 0 Å². The van der Waals surface area contributed by atoms with E-state index in [1.807, 2.05) is 132 Å². The third-order valence-corrected chi connectivity index (χ3v) is 6.18. The van der Waals surface area contributed by atoms with Crippen molar-refractivity contribution in [3.8, 4) is 22.5 Å². The molecule has 3 rings (SSSR count). The molecule has 3 aromatic rings. The fourth-order valence-electron chi connectivity index (χ4n) is 2.84. The van der Waals surface area contributed by atoms with Crippen LogP contribution < -0.4 is 0 Å². The zero-order chi connectivity index (χ0) is 33.9.